The average molecular weight is 305 g/mol. The Kier molecular flexibility index (Phi) is 5.51. The Balaban J connectivity index is 1.95. The molecule has 1 aromatic carbocycles. The lowest BCUT2D eigenvalue weighted by Gasteiger charge is -2.14. The molecule has 2 rings (SSSR count). The monoisotopic (exact) mass is 305 g/mol. The number of amides is 2. The molecule has 6 nitrogen and oxygen atoms in total. The first-order chi connectivity index (χ1) is 10.5. The van der Waals surface area contributed by atoms with Gasteiger partial charge in [0, 0.05) is 23.8 Å². The maximum atomic E-state index is 12.2. The molecule has 0 spiro atoms. The molecule has 0 radical (unpaired) electrons. The van der Waals surface area contributed by atoms with Crippen molar-refractivity contribution in [3.63, 3.8) is 0 Å². The molecule has 1 saturated heterocycles. The van der Waals surface area contributed by atoms with Crippen molar-refractivity contribution in [1.29, 1.82) is 0 Å². The summed E-state index contributed by atoms with van der Waals surface area (Å²) in [6, 6.07) is 7.07. The predicted molar refractivity (Wildman–Crippen MR) is 85.5 cm³/mol. The summed E-state index contributed by atoms with van der Waals surface area (Å²) >= 11 is 0. The largest absolute Gasteiger partial charge is 0.364 e. The molecule has 1 heterocycles. The normalized spacial score (nSPS) is 20.9. The second kappa shape index (κ2) is 7.38. The van der Waals surface area contributed by atoms with Gasteiger partial charge in [-0.15, -0.1) is 0 Å². The van der Waals surface area contributed by atoms with E-state index in [1.807, 2.05) is 13.8 Å². The van der Waals surface area contributed by atoms with Gasteiger partial charge in [0.2, 0.25) is 5.91 Å². The van der Waals surface area contributed by atoms with Crippen molar-refractivity contribution in [3.8, 4) is 0 Å². The molecule has 120 valence electrons. The van der Waals surface area contributed by atoms with Crippen LogP contribution in [-0.4, -0.2) is 30.6 Å². The van der Waals surface area contributed by atoms with Crippen molar-refractivity contribution in [3.05, 3.63) is 24.3 Å². The van der Waals surface area contributed by atoms with Crippen molar-refractivity contribution in [1.82, 2.24) is 0 Å². The first-order valence-electron chi connectivity index (χ1n) is 7.57. The molecule has 0 bridgehead atoms. The minimum atomic E-state index is -0.456. The maximum Gasteiger partial charge on any atom is 0.253 e. The lowest BCUT2D eigenvalue weighted by atomic mass is 10.2. The summed E-state index contributed by atoms with van der Waals surface area (Å²) in [4.78, 5) is 23.8. The molecule has 0 aliphatic carbocycles. The highest BCUT2D eigenvalue weighted by Crippen LogP contribution is 2.21. The van der Waals surface area contributed by atoms with Crippen LogP contribution in [0.4, 0.5) is 11.4 Å². The minimum absolute atomic E-state index is 0.0348. The third-order valence-electron chi connectivity index (χ3n) is 3.58. The van der Waals surface area contributed by atoms with Crippen molar-refractivity contribution < 1.29 is 14.3 Å². The lowest BCUT2D eigenvalue weighted by molar-refractivity contribution is -0.126. The standard InChI is InChI=1S/C16H23N3O3/c1-10(2)15(20)18-11-4-3-5-12(8-11)19-16(21)14-7-6-13(9-17)22-14/h3-5,8,10,13-14H,6-7,9,17H2,1-2H3,(H,18,20)(H,19,21)/t13-,14+/m1/s1. The van der Waals surface area contributed by atoms with Crippen LogP contribution in [0.15, 0.2) is 24.3 Å². The summed E-state index contributed by atoms with van der Waals surface area (Å²) in [5, 5.41) is 5.62. The molecule has 22 heavy (non-hydrogen) atoms. The highest BCUT2D eigenvalue weighted by molar-refractivity contribution is 5.96. The number of rotatable bonds is 5. The summed E-state index contributed by atoms with van der Waals surface area (Å²) in [5.41, 5.74) is 6.83. The third kappa shape index (κ3) is 4.29. The summed E-state index contributed by atoms with van der Waals surface area (Å²) in [7, 11) is 0. The lowest BCUT2D eigenvalue weighted by Crippen LogP contribution is -2.29. The molecule has 2 atom stereocenters. The van der Waals surface area contributed by atoms with Crippen molar-refractivity contribution >= 4 is 23.2 Å². The van der Waals surface area contributed by atoms with E-state index in [0.717, 1.165) is 6.42 Å². The Morgan fingerprint density at radius 2 is 1.95 bits per heavy atom. The highest BCUT2D eigenvalue weighted by Gasteiger charge is 2.29. The van der Waals surface area contributed by atoms with E-state index in [2.05, 4.69) is 10.6 Å². The molecular formula is C16H23N3O3. The average Bonchev–Trinajstić information content (AvgIpc) is 2.96. The van der Waals surface area contributed by atoms with Crippen LogP contribution in [-0.2, 0) is 14.3 Å². The van der Waals surface area contributed by atoms with E-state index in [-0.39, 0.29) is 23.8 Å². The molecule has 1 aliphatic rings. The van der Waals surface area contributed by atoms with E-state index < -0.39 is 6.10 Å². The minimum Gasteiger partial charge on any atom is -0.364 e. The summed E-state index contributed by atoms with van der Waals surface area (Å²) < 4.78 is 5.56. The van der Waals surface area contributed by atoms with Gasteiger partial charge in [0.25, 0.3) is 5.91 Å². The first-order valence-corrected chi connectivity index (χ1v) is 7.57. The van der Waals surface area contributed by atoms with E-state index in [0.29, 0.717) is 24.3 Å². The second-order valence-corrected chi connectivity index (χ2v) is 5.77. The predicted octanol–water partition coefficient (Wildman–Crippen LogP) is 1.73. The number of anilines is 2. The van der Waals surface area contributed by atoms with E-state index in [9.17, 15) is 9.59 Å². The van der Waals surface area contributed by atoms with Gasteiger partial charge in [0.15, 0.2) is 0 Å². The van der Waals surface area contributed by atoms with Crippen LogP contribution < -0.4 is 16.4 Å². The van der Waals surface area contributed by atoms with Crippen LogP contribution in [0.3, 0.4) is 0 Å². The quantitative estimate of drug-likeness (QED) is 0.772. The molecule has 4 N–H and O–H groups in total. The van der Waals surface area contributed by atoms with Gasteiger partial charge < -0.3 is 21.1 Å². The van der Waals surface area contributed by atoms with E-state index >= 15 is 0 Å². The number of nitrogens with one attached hydrogen (secondary N) is 2. The fourth-order valence-corrected chi connectivity index (χ4v) is 2.26. The van der Waals surface area contributed by atoms with Crippen LogP contribution in [0.1, 0.15) is 26.7 Å². The number of carbonyl (C=O) groups excluding carboxylic acids is 2. The van der Waals surface area contributed by atoms with Crippen molar-refractivity contribution in [2.24, 2.45) is 11.7 Å². The third-order valence-corrected chi connectivity index (χ3v) is 3.58. The van der Waals surface area contributed by atoms with E-state index in [4.69, 9.17) is 10.5 Å². The number of nitrogens with two attached hydrogens (primary N) is 1. The van der Waals surface area contributed by atoms with Crippen LogP contribution >= 0.6 is 0 Å². The Bertz CT molecular complexity index is 545. The zero-order valence-corrected chi connectivity index (χ0v) is 13.0. The maximum absolute atomic E-state index is 12.2. The SMILES string of the molecule is CC(C)C(=O)Nc1cccc(NC(=O)[C@@H]2CC[C@H](CN)O2)c1. The van der Waals surface area contributed by atoms with Gasteiger partial charge >= 0.3 is 0 Å². The molecule has 0 saturated carbocycles. The summed E-state index contributed by atoms with van der Waals surface area (Å²) in [6.07, 6.45) is 0.992. The number of carbonyl (C=O) groups is 2. The van der Waals surface area contributed by atoms with Gasteiger partial charge in [0.1, 0.15) is 6.10 Å². The summed E-state index contributed by atoms with van der Waals surface area (Å²) in [6.45, 7) is 4.08. The van der Waals surface area contributed by atoms with Gasteiger partial charge in [0.05, 0.1) is 6.10 Å². The summed E-state index contributed by atoms with van der Waals surface area (Å²) in [5.74, 6) is -0.338. The molecule has 2 amide bonds. The number of ether oxygens (including phenoxy) is 1. The molecule has 6 heteroatoms. The zero-order valence-electron chi connectivity index (χ0n) is 13.0. The highest BCUT2D eigenvalue weighted by atomic mass is 16.5. The van der Waals surface area contributed by atoms with Crippen molar-refractivity contribution in [2.75, 3.05) is 17.2 Å². The Hall–Kier alpha value is -1.92. The molecule has 1 aliphatic heterocycles. The van der Waals surface area contributed by atoms with Crippen molar-refractivity contribution in [2.45, 2.75) is 38.9 Å². The molecule has 1 aromatic rings. The van der Waals surface area contributed by atoms with Crippen LogP contribution in [0.25, 0.3) is 0 Å². The second-order valence-electron chi connectivity index (χ2n) is 5.77. The zero-order chi connectivity index (χ0) is 16.1. The van der Waals surface area contributed by atoms with Crippen LogP contribution in [0.5, 0.6) is 0 Å². The smallest absolute Gasteiger partial charge is 0.253 e. The Morgan fingerprint density at radius 3 is 2.55 bits per heavy atom. The van der Waals surface area contributed by atoms with Crippen LogP contribution in [0, 0.1) is 5.92 Å². The van der Waals surface area contributed by atoms with Gasteiger partial charge in [-0.3, -0.25) is 9.59 Å². The molecular weight excluding hydrogens is 282 g/mol. The first kappa shape index (κ1) is 16.5. The Morgan fingerprint density at radius 1 is 1.27 bits per heavy atom. The van der Waals surface area contributed by atoms with Gasteiger partial charge in [-0.05, 0) is 31.0 Å². The molecule has 0 unspecified atom stereocenters. The number of benzene rings is 1. The van der Waals surface area contributed by atoms with Gasteiger partial charge in [-0.25, -0.2) is 0 Å². The van der Waals surface area contributed by atoms with E-state index in [1.165, 1.54) is 0 Å². The molecule has 0 aromatic heterocycles. The van der Waals surface area contributed by atoms with Gasteiger partial charge in [-0.2, -0.15) is 0 Å². The number of hydrogen-bond donors (Lipinski definition) is 3. The van der Waals surface area contributed by atoms with Gasteiger partial charge in [-0.1, -0.05) is 19.9 Å². The Labute approximate surface area is 130 Å². The van der Waals surface area contributed by atoms with E-state index in [1.54, 1.807) is 24.3 Å². The molecule has 1 fully saturated rings. The topological polar surface area (TPSA) is 93.5 Å². The fraction of sp³-hybridized carbons (Fsp3) is 0.500. The fourth-order valence-electron chi connectivity index (χ4n) is 2.26. The number of hydrogen-bond acceptors (Lipinski definition) is 4. The van der Waals surface area contributed by atoms with Crippen LogP contribution in [0.2, 0.25) is 0 Å².